The van der Waals surface area contributed by atoms with Crippen molar-refractivity contribution in [1.82, 2.24) is 9.97 Å². The van der Waals surface area contributed by atoms with E-state index in [1.54, 1.807) is 6.20 Å². The molecular formula is C24H36N4O3. The van der Waals surface area contributed by atoms with Crippen LogP contribution in [0.25, 0.3) is 0 Å². The Bertz CT molecular complexity index is 850. The molecule has 5 aliphatic carbocycles. The first-order valence-corrected chi connectivity index (χ1v) is 12.0. The van der Waals surface area contributed by atoms with E-state index in [9.17, 15) is 15.0 Å². The molecule has 5 fully saturated rings. The van der Waals surface area contributed by atoms with Crippen LogP contribution in [0.4, 0.5) is 5.95 Å². The number of anilines is 1. The molecule has 1 aromatic rings. The van der Waals surface area contributed by atoms with Crippen LogP contribution in [-0.4, -0.2) is 49.9 Å². The summed E-state index contributed by atoms with van der Waals surface area (Å²) < 4.78 is 0. The van der Waals surface area contributed by atoms with Crippen molar-refractivity contribution >= 4 is 11.9 Å². The first kappa shape index (κ1) is 21.1. The van der Waals surface area contributed by atoms with E-state index in [0.717, 1.165) is 63.5 Å². The highest BCUT2D eigenvalue weighted by Gasteiger charge is 2.58. The Morgan fingerprint density at radius 1 is 1.23 bits per heavy atom. The summed E-state index contributed by atoms with van der Waals surface area (Å²) in [6.45, 7) is 4.05. The Hall–Kier alpha value is -1.73. The van der Waals surface area contributed by atoms with Gasteiger partial charge in [-0.25, -0.2) is 9.97 Å². The largest absolute Gasteiger partial charge is 0.394 e. The van der Waals surface area contributed by atoms with Crippen molar-refractivity contribution in [3.63, 3.8) is 0 Å². The van der Waals surface area contributed by atoms with Gasteiger partial charge in [-0.05, 0) is 76.5 Å². The lowest BCUT2D eigenvalue weighted by Crippen LogP contribution is -2.66. The predicted molar refractivity (Wildman–Crippen MR) is 118 cm³/mol. The van der Waals surface area contributed by atoms with Crippen LogP contribution < -0.4 is 10.6 Å². The molecule has 5 saturated carbocycles. The first-order valence-electron chi connectivity index (χ1n) is 12.0. The fourth-order valence-corrected chi connectivity index (χ4v) is 7.46. The summed E-state index contributed by atoms with van der Waals surface area (Å²) in [6.07, 6.45) is 10.7. The third-order valence-corrected chi connectivity index (χ3v) is 8.56. The van der Waals surface area contributed by atoms with Crippen LogP contribution in [0.5, 0.6) is 0 Å². The van der Waals surface area contributed by atoms with Crippen LogP contribution in [0, 0.1) is 17.8 Å². The highest BCUT2D eigenvalue weighted by molar-refractivity contribution is 5.93. The van der Waals surface area contributed by atoms with Crippen molar-refractivity contribution in [3.05, 3.63) is 17.5 Å². The second-order valence-electron chi connectivity index (χ2n) is 11.3. The number of carbonyl (C=O) groups is 1. The van der Waals surface area contributed by atoms with Gasteiger partial charge < -0.3 is 20.8 Å². The van der Waals surface area contributed by atoms with Crippen molar-refractivity contribution < 1.29 is 15.0 Å². The Labute approximate surface area is 184 Å². The van der Waals surface area contributed by atoms with E-state index in [0.29, 0.717) is 29.3 Å². The molecule has 1 amide bonds. The van der Waals surface area contributed by atoms with Gasteiger partial charge in [-0.15, -0.1) is 0 Å². The molecule has 0 spiro atoms. The van der Waals surface area contributed by atoms with Gasteiger partial charge >= 0.3 is 0 Å². The highest BCUT2D eigenvalue weighted by atomic mass is 16.3. The van der Waals surface area contributed by atoms with E-state index in [4.69, 9.17) is 10.7 Å². The lowest BCUT2D eigenvalue weighted by atomic mass is 9.51. The SMILES string of the molecule is CC(C)(CO)N(c1ncc(C(N)=O)c(C2CCCC2)n1)C1C2CC3CC1CC(O)(C3)C2. The van der Waals surface area contributed by atoms with Crippen molar-refractivity contribution in [3.8, 4) is 0 Å². The molecule has 0 aromatic carbocycles. The van der Waals surface area contributed by atoms with Crippen molar-refractivity contribution in [2.75, 3.05) is 11.5 Å². The van der Waals surface area contributed by atoms with Crippen molar-refractivity contribution in [1.29, 1.82) is 0 Å². The second kappa shape index (κ2) is 7.41. The number of aliphatic hydroxyl groups excluding tert-OH is 1. The molecule has 1 aromatic heterocycles. The predicted octanol–water partition coefficient (Wildman–Crippen LogP) is 2.75. The molecule has 170 valence electrons. The van der Waals surface area contributed by atoms with Gasteiger partial charge in [-0.3, -0.25) is 4.79 Å². The Balaban J connectivity index is 1.57. The Morgan fingerprint density at radius 3 is 2.42 bits per heavy atom. The molecule has 0 radical (unpaired) electrons. The standard InChI is InChI=1S/C24H36N4O3/c1-23(2,13-29)28(20-16-7-14-8-17(20)11-24(31,9-14)10-16)22-26-12-18(21(25)30)19(27-22)15-5-3-4-6-15/h12,14-17,20,29,31H,3-11,13H2,1-2H3,(H2,25,30). The van der Waals surface area contributed by atoms with Crippen molar-refractivity contribution in [2.45, 2.75) is 94.7 Å². The second-order valence-corrected chi connectivity index (χ2v) is 11.3. The van der Waals surface area contributed by atoms with Gasteiger partial charge in [0.1, 0.15) is 0 Å². The molecule has 4 N–H and O–H groups in total. The van der Waals surface area contributed by atoms with Gasteiger partial charge in [0.25, 0.3) is 5.91 Å². The van der Waals surface area contributed by atoms with E-state index in [1.165, 1.54) is 0 Å². The summed E-state index contributed by atoms with van der Waals surface area (Å²) in [5.41, 5.74) is 5.80. The maximum absolute atomic E-state index is 12.1. The number of aromatic nitrogens is 2. The lowest BCUT2D eigenvalue weighted by molar-refractivity contribution is -0.136. The number of nitrogens with two attached hydrogens (primary N) is 1. The van der Waals surface area contributed by atoms with Gasteiger partial charge in [0.2, 0.25) is 5.95 Å². The van der Waals surface area contributed by atoms with Crippen LogP contribution in [0.1, 0.15) is 93.6 Å². The monoisotopic (exact) mass is 428 g/mol. The minimum Gasteiger partial charge on any atom is -0.394 e. The average molecular weight is 429 g/mol. The molecule has 6 rings (SSSR count). The number of carbonyl (C=O) groups excluding carboxylic acids is 1. The zero-order valence-corrected chi connectivity index (χ0v) is 18.8. The molecule has 7 nitrogen and oxygen atoms in total. The van der Waals surface area contributed by atoms with Gasteiger partial charge in [-0.2, -0.15) is 0 Å². The smallest absolute Gasteiger partial charge is 0.252 e. The van der Waals surface area contributed by atoms with Gasteiger partial charge in [0, 0.05) is 18.2 Å². The number of nitrogens with zero attached hydrogens (tertiary/aromatic N) is 3. The van der Waals surface area contributed by atoms with E-state index in [1.807, 2.05) is 13.8 Å². The fourth-order valence-electron chi connectivity index (χ4n) is 7.46. The van der Waals surface area contributed by atoms with Crippen LogP contribution in [0.2, 0.25) is 0 Å². The maximum atomic E-state index is 12.1. The zero-order valence-electron chi connectivity index (χ0n) is 18.8. The zero-order chi connectivity index (χ0) is 22.0. The van der Waals surface area contributed by atoms with Gasteiger partial charge in [0.05, 0.1) is 29.0 Å². The van der Waals surface area contributed by atoms with E-state index < -0.39 is 17.0 Å². The van der Waals surface area contributed by atoms with Crippen LogP contribution in [-0.2, 0) is 0 Å². The van der Waals surface area contributed by atoms with Gasteiger partial charge in [-0.1, -0.05) is 12.8 Å². The lowest BCUT2D eigenvalue weighted by Gasteiger charge is -2.62. The van der Waals surface area contributed by atoms with Crippen molar-refractivity contribution in [2.24, 2.45) is 23.5 Å². The number of rotatable bonds is 6. The third kappa shape index (κ3) is 3.54. The molecule has 5 aliphatic rings. The number of hydrogen-bond donors (Lipinski definition) is 3. The molecule has 4 bridgehead atoms. The molecule has 2 atom stereocenters. The molecule has 7 heteroatoms. The third-order valence-electron chi connectivity index (χ3n) is 8.56. The minimum absolute atomic E-state index is 0.0175. The first-order chi connectivity index (χ1) is 14.7. The quantitative estimate of drug-likeness (QED) is 0.642. The van der Waals surface area contributed by atoms with Crippen LogP contribution in [0.15, 0.2) is 6.20 Å². The molecule has 31 heavy (non-hydrogen) atoms. The summed E-state index contributed by atoms with van der Waals surface area (Å²) in [5.74, 6) is 1.70. The Morgan fingerprint density at radius 2 is 1.87 bits per heavy atom. The molecule has 2 unspecified atom stereocenters. The topological polar surface area (TPSA) is 113 Å². The van der Waals surface area contributed by atoms with Crippen LogP contribution >= 0.6 is 0 Å². The molecule has 1 heterocycles. The normalized spacial score (nSPS) is 35.0. The summed E-state index contributed by atoms with van der Waals surface area (Å²) in [6, 6.07) is 0.190. The summed E-state index contributed by atoms with van der Waals surface area (Å²) in [7, 11) is 0. The number of aliphatic hydroxyl groups is 2. The molecular weight excluding hydrogens is 392 g/mol. The number of hydrogen-bond acceptors (Lipinski definition) is 6. The summed E-state index contributed by atoms with van der Waals surface area (Å²) in [5, 5.41) is 21.4. The maximum Gasteiger partial charge on any atom is 0.252 e. The fraction of sp³-hybridized carbons (Fsp3) is 0.792. The van der Waals surface area contributed by atoms with Gasteiger partial charge in [0.15, 0.2) is 0 Å². The average Bonchev–Trinajstić information content (AvgIpc) is 3.23. The van der Waals surface area contributed by atoms with E-state index >= 15 is 0 Å². The molecule has 0 aliphatic heterocycles. The van der Waals surface area contributed by atoms with E-state index in [-0.39, 0.29) is 18.6 Å². The van der Waals surface area contributed by atoms with E-state index in [2.05, 4.69) is 9.88 Å². The number of primary amides is 1. The minimum atomic E-state index is -0.552. The summed E-state index contributed by atoms with van der Waals surface area (Å²) >= 11 is 0. The summed E-state index contributed by atoms with van der Waals surface area (Å²) in [4.78, 5) is 24.0. The number of amides is 1. The highest BCUT2D eigenvalue weighted by Crippen LogP contribution is 2.58. The van der Waals surface area contributed by atoms with Crippen LogP contribution in [0.3, 0.4) is 0 Å². The Kier molecular flexibility index (Phi) is 5.05. The molecule has 0 saturated heterocycles.